The van der Waals surface area contributed by atoms with Crippen LogP contribution in [0.15, 0.2) is 115 Å². The Balaban J connectivity index is 1.57. The summed E-state index contributed by atoms with van der Waals surface area (Å²) in [6.07, 6.45) is 0. The van der Waals surface area contributed by atoms with Crippen molar-refractivity contribution < 1.29 is 0 Å². The summed E-state index contributed by atoms with van der Waals surface area (Å²) in [5, 5.41) is 3.45. The number of fused-ring (bicyclic) bond motifs is 4. The molecule has 4 heteroatoms. The Morgan fingerprint density at radius 2 is 1.26 bits per heavy atom. The highest BCUT2D eigenvalue weighted by atomic mass is 32.1. The van der Waals surface area contributed by atoms with E-state index in [1.54, 1.807) is 11.3 Å². The van der Waals surface area contributed by atoms with Gasteiger partial charge in [-0.3, -0.25) is 0 Å². The summed E-state index contributed by atoms with van der Waals surface area (Å²) in [4.78, 5) is 5.10. The number of hydrogen-bond acceptors (Lipinski definition) is 3. The topological polar surface area (TPSA) is 43.8 Å². The van der Waals surface area contributed by atoms with Gasteiger partial charge in [0, 0.05) is 33.3 Å². The normalized spacial score (nSPS) is 11.5. The number of nitrogen functional groups attached to an aromatic ring is 1. The van der Waals surface area contributed by atoms with Gasteiger partial charge in [0.2, 0.25) is 0 Å². The number of para-hydroxylation sites is 3. The van der Waals surface area contributed by atoms with E-state index in [9.17, 15) is 0 Å². The second kappa shape index (κ2) is 7.83. The summed E-state index contributed by atoms with van der Waals surface area (Å²) in [5.74, 6) is 0. The Bertz CT molecular complexity index is 1810. The van der Waals surface area contributed by atoms with Gasteiger partial charge in [-0.2, -0.15) is 0 Å². The predicted octanol–water partition coefficient (Wildman–Crippen LogP) is 8.31. The molecule has 7 aromatic rings. The molecule has 0 saturated carbocycles. The molecule has 2 N–H and O–H groups in total. The van der Waals surface area contributed by atoms with Crippen molar-refractivity contribution >= 4 is 49.0 Å². The van der Waals surface area contributed by atoms with E-state index in [-0.39, 0.29) is 0 Å². The van der Waals surface area contributed by atoms with Gasteiger partial charge < -0.3 is 10.3 Å². The van der Waals surface area contributed by atoms with Crippen molar-refractivity contribution in [1.82, 2.24) is 9.55 Å². The molecule has 0 aliphatic carbocycles. The maximum atomic E-state index is 6.32. The first-order valence-corrected chi connectivity index (χ1v) is 12.4. The van der Waals surface area contributed by atoms with Gasteiger partial charge >= 0.3 is 0 Å². The number of nitrogens with zero attached hydrogens (tertiary/aromatic N) is 2. The monoisotopic (exact) mass is 467 g/mol. The second-order valence-electron chi connectivity index (χ2n) is 8.68. The molecule has 166 valence electrons. The minimum Gasteiger partial charge on any atom is -0.398 e. The average molecular weight is 468 g/mol. The van der Waals surface area contributed by atoms with Crippen molar-refractivity contribution in [3.8, 4) is 27.4 Å². The number of aromatic nitrogens is 2. The van der Waals surface area contributed by atoms with E-state index in [4.69, 9.17) is 10.7 Å². The van der Waals surface area contributed by atoms with Crippen LogP contribution >= 0.6 is 11.3 Å². The van der Waals surface area contributed by atoms with E-state index in [2.05, 4.69) is 95.6 Å². The summed E-state index contributed by atoms with van der Waals surface area (Å²) in [7, 11) is 0. The Morgan fingerprint density at radius 1 is 0.629 bits per heavy atom. The third kappa shape index (κ3) is 3.15. The molecule has 2 heterocycles. The van der Waals surface area contributed by atoms with Crippen molar-refractivity contribution in [3.05, 3.63) is 115 Å². The molecule has 0 fully saturated rings. The van der Waals surface area contributed by atoms with Gasteiger partial charge in [-0.15, -0.1) is 11.3 Å². The fraction of sp³-hybridized carbons (Fsp3) is 0. The van der Waals surface area contributed by atoms with Crippen LogP contribution in [-0.2, 0) is 0 Å². The molecule has 7 rings (SSSR count). The summed E-state index contributed by atoms with van der Waals surface area (Å²) in [6, 6.07) is 40.2. The molecule has 5 aromatic carbocycles. The Hall–Kier alpha value is -4.41. The zero-order valence-corrected chi connectivity index (χ0v) is 19.7. The van der Waals surface area contributed by atoms with E-state index < -0.39 is 0 Å². The lowest BCUT2D eigenvalue weighted by Crippen LogP contribution is -1.95. The van der Waals surface area contributed by atoms with Gasteiger partial charge in [-0.05, 0) is 42.0 Å². The predicted molar refractivity (Wildman–Crippen MR) is 149 cm³/mol. The first kappa shape index (κ1) is 20.0. The number of hydrogen-bond donors (Lipinski definition) is 1. The third-order valence-corrected chi connectivity index (χ3v) is 7.63. The fourth-order valence-electron chi connectivity index (χ4n) is 4.99. The zero-order valence-electron chi connectivity index (χ0n) is 18.8. The highest BCUT2D eigenvalue weighted by Crippen LogP contribution is 2.41. The summed E-state index contributed by atoms with van der Waals surface area (Å²) < 4.78 is 3.51. The lowest BCUT2D eigenvalue weighted by Gasteiger charge is -2.11. The SMILES string of the molecule is Nc1ccccc1-c1nc2c(-c3ccccc3)cc(-n3c4ccccc4c4ccccc43)cc2s1. The van der Waals surface area contributed by atoms with Gasteiger partial charge in [-0.1, -0.05) is 78.9 Å². The van der Waals surface area contributed by atoms with Crippen molar-refractivity contribution in [2.75, 3.05) is 5.73 Å². The van der Waals surface area contributed by atoms with Crippen molar-refractivity contribution in [3.63, 3.8) is 0 Å². The van der Waals surface area contributed by atoms with Crippen LogP contribution in [0, 0.1) is 0 Å². The molecule has 0 saturated heterocycles. The van der Waals surface area contributed by atoms with Crippen LogP contribution < -0.4 is 5.73 Å². The lowest BCUT2D eigenvalue weighted by atomic mass is 10.0. The maximum absolute atomic E-state index is 6.32. The van der Waals surface area contributed by atoms with Crippen LogP contribution in [0.5, 0.6) is 0 Å². The molecule has 0 atom stereocenters. The number of rotatable bonds is 3. The highest BCUT2D eigenvalue weighted by Gasteiger charge is 2.17. The van der Waals surface area contributed by atoms with Crippen LogP contribution in [0.3, 0.4) is 0 Å². The molecule has 35 heavy (non-hydrogen) atoms. The molecule has 0 spiro atoms. The fourth-order valence-corrected chi connectivity index (χ4v) is 6.06. The summed E-state index contributed by atoms with van der Waals surface area (Å²) in [6.45, 7) is 0. The molecule has 0 aliphatic rings. The van der Waals surface area contributed by atoms with Gasteiger partial charge in [-0.25, -0.2) is 4.98 Å². The van der Waals surface area contributed by atoms with Gasteiger partial charge in [0.15, 0.2) is 0 Å². The van der Waals surface area contributed by atoms with E-state index >= 15 is 0 Å². The molecule has 3 nitrogen and oxygen atoms in total. The van der Waals surface area contributed by atoms with Crippen molar-refractivity contribution in [2.24, 2.45) is 0 Å². The smallest absolute Gasteiger partial charge is 0.126 e. The third-order valence-electron chi connectivity index (χ3n) is 6.59. The van der Waals surface area contributed by atoms with E-state index in [1.807, 2.05) is 24.3 Å². The van der Waals surface area contributed by atoms with Crippen molar-refractivity contribution in [2.45, 2.75) is 0 Å². The minimum atomic E-state index is 0.746. The molecule has 0 unspecified atom stereocenters. The number of anilines is 1. The molecule has 2 aromatic heterocycles. The first-order valence-electron chi connectivity index (χ1n) is 11.6. The molecular weight excluding hydrogens is 446 g/mol. The maximum Gasteiger partial charge on any atom is 0.126 e. The Labute approximate surface area is 206 Å². The number of thiazole rings is 1. The summed E-state index contributed by atoms with van der Waals surface area (Å²) in [5.41, 5.74) is 14.8. The standard InChI is InChI=1S/C31H21N3S/c32-26-15-7-4-14-24(26)31-33-30-25(20-10-2-1-3-11-20)18-21(19-29(30)35-31)34-27-16-8-5-12-22(27)23-13-6-9-17-28(23)34/h1-19H,32H2. The van der Waals surface area contributed by atoms with E-state index in [0.29, 0.717) is 0 Å². The zero-order chi connectivity index (χ0) is 23.4. The Kier molecular flexibility index (Phi) is 4.47. The first-order chi connectivity index (χ1) is 17.3. The van der Waals surface area contributed by atoms with Gasteiger partial charge in [0.05, 0.1) is 21.3 Å². The molecular formula is C31H21N3S. The van der Waals surface area contributed by atoms with E-state index in [1.165, 1.54) is 21.8 Å². The van der Waals surface area contributed by atoms with Crippen LogP contribution in [0.1, 0.15) is 0 Å². The van der Waals surface area contributed by atoms with Crippen LogP contribution in [0.25, 0.3) is 59.4 Å². The van der Waals surface area contributed by atoms with Crippen LogP contribution in [0.4, 0.5) is 5.69 Å². The van der Waals surface area contributed by atoms with Gasteiger partial charge in [0.25, 0.3) is 0 Å². The highest BCUT2D eigenvalue weighted by molar-refractivity contribution is 7.21. The number of nitrogens with two attached hydrogens (primary N) is 1. The molecule has 0 radical (unpaired) electrons. The molecule has 0 bridgehead atoms. The lowest BCUT2D eigenvalue weighted by molar-refractivity contribution is 1.19. The van der Waals surface area contributed by atoms with Gasteiger partial charge in [0.1, 0.15) is 5.01 Å². The minimum absolute atomic E-state index is 0.746. The van der Waals surface area contributed by atoms with E-state index in [0.717, 1.165) is 43.3 Å². The second-order valence-corrected chi connectivity index (χ2v) is 9.71. The molecule has 0 aliphatic heterocycles. The summed E-state index contributed by atoms with van der Waals surface area (Å²) >= 11 is 1.69. The Morgan fingerprint density at radius 3 is 1.97 bits per heavy atom. The molecule has 0 amide bonds. The van der Waals surface area contributed by atoms with Crippen LogP contribution in [0.2, 0.25) is 0 Å². The quantitative estimate of drug-likeness (QED) is 0.266. The van der Waals surface area contributed by atoms with Crippen molar-refractivity contribution in [1.29, 1.82) is 0 Å². The largest absolute Gasteiger partial charge is 0.398 e. The van der Waals surface area contributed by atoms with Crippen LogP contribution in [-0.4, -0.2) is 9.55 Å². The number of benzene rings is 5. The average Bonchev–Trinajstić information content (AvgIpc) is 3.48.